The van der Waals surface area contributed by atoms with Crippen LogP contribution in [-0.4, -0.2) is 20.3 Å². The van der Waals surface area contributed by atoms with Crippen LogP contribution in [0, 0.1) is 0 Å². The molecule has 2 nitrogen and oxygen atoms in total. The molecule has 0 aromatic heterocycles. The molecule has 0 rings (SSSR count). The van der Waals surface area contributed by atoms with Gasteiger partial charge in [-0.15, -0.1) is 0 Å². The molecular formula is C6H14O2Si. The Kier molecular flexibility index (Phi) is 3.07. The molecule has 0 radical (unpaired) electrons. The van der Waals surface area contributed by atoms with E-state index in [2.05, 4.69) is 0 Å². The average molecular weight is 146 g/mol. The lowest BCUT2D eigenvalue weighted by atomic mass is 10.5. The summed E-state index contributed by atoms with van der Waals surface area (Å²) in [7, 11) is -1.92. The number of carbonyl (C=O) groups is 1. The number of hydrogen-bond acceptors (Lipinski definition) is 2. The van der Waals surface area contributed by atoms with E-state index in [0.717, 1.165) is 5.91 Å². The van der Waals surface area contributed by atoms with Crippen molar-refractivity contribution in [1.82, 2.24) is 0 Å². The molecule has 0 heterocycles. The van der Waals surface area contributed by atoms with Crippen LogP contribution in [0.4, 0.5) is 0 Å². The summed E-state index contributed by atoms with van der Waals surface area (Å²) >= 11 is 0. The molecule has 0 atom stereocenters. The van der Waals surface area contributed by atoms with Crippen LogP contribution in [0.15, 0.2) is 0 Å². The van der Waals surface area contributed by atoms with Crippen LogP contribution in [0.25, 0.3) is 0 Å². The zero-order valence-electron chi connectivity index (χ0n) is 6.47. The molecule has 54 valence electrons. The molecule has 0 unspecified atom stereocenters. The van der Waals surface area contributed by atoms with E-state index in [0.29, 0.717) is 0 Å². The molecule has 0 aromatic rings. The molecule has 9 heavy (non-hydrogen) atoms. The van der Waals surface area contributed by atoms with E-state index in [9.17, 15) is 4.79 Å². The van der Waals surface area contributed by atoms with Crippen molar-refractivity contribution in [2.24, 2.45) is 0 Å². The topological polar surface area (TPSA) is 26.3 Å². The molecule has 0 aliphatic rings. The predicted molar refractivity (Wildman–Crippen MR) is 40.5 cm³/mol. The Hall–Kier alpha value is -0.153. The summed E-state index contributed by atoms with van der Waals surface area (Å²) in [5.41, 5.74) is 0. The van der Waals surface area contributed by atoms with E-state index in [-0.39, 0.29) is 6.10 Å². The van der Waals surface area contributed by atoms with Crippen molar-refractivity contribution >= 4 is 14.2 Å². The first kappa shape index (κ1) is 8.85. The van der Waals surface area contributed by atoms with Crippen molar-refractivity contribution in [3.05, 3.63) is 0 Å². The van der Waals surface area contributed by atoms with Gasteiger partial charge in [-0.05, 0) is 26.9 Å². The third-order valence-corrected chi connectivity index (χ3v) is 2.47. The second-order valence-corrected chi connectivity index (χ2v) is 6.57. The smallest absolute Gasteiger partial charge is 0.254 e. The zero-order valence-corrected chi connectivity index (χ0v) is 7.47. The van der Waals surface area contributed by atoms with Crippen LogP contribution in [-0.2, 0) is 9.22 Å². The standard InChI is InChI=1S/C6H14O2Si/c1-6(2)8-9(3,4)5-7/h5-6H,1-4H3. The fraction of sp³-hybridized carbons (Fsp3) is 0.833. The monoisotopic (exact) mass is 146 g/mol. The minimum Gasteiger partial charge on any atom is -0.408 e. The Bertz CT molecular complexity index is 99.2. The van der Waals surface area contributed by atoms with Crippen molar-refractivity contribution in [3.8, 4) is 0 Å². The summed E-state index contributed by atoms with van der Waals surface area (Å²) in [6, 6.07) is 0. The maximum atomic E-state index is 10.3. The van der Waals surface area contributed by atoms with Gasteiger partial charge in [0.1, 0.15) is 5.91 Å². The van der Waals surface area contributed by atoms with Gasteiger partial charge in [0.25, 0.3) is 8.32 Å². The van der Waals surface area contributed by atoms with E-state index in [4.69, 9.17) is 4.43 Å². The Morgan fingerprint density at radius 1 is 1.44 bits per heavy atom. The maximum Gasteiger partial charge on any atom is 0.254 e. The summed E-state index contributed by atoms with van der Waals surface area (Å²) in [5.74, 6) is 0.951. The lowest BCUT2D eigenvalue weighted by Gasteiger charge is -2.18. The van der Waals surface area contributed by atoms with E-state index < -0.39 is 8.32 Å². The van der Waals surface area contributed by atoms with Crippen molar-refractivity contribution in [3.63, 3.8) is 0 Å². The largest absolute Gasteiger partial charge is 0.408 e. The van der Waals surface area contributed by atoms with Gasteiger partial charge in [0.2, 0.25) is 0 Å². The van der Waals surface area contributed by atoms with Gasteiger partial charge < -0.3 is 9.22 Å². The third kappa shape index (κ3) is 4.36. The van der Waals surface area contributed by atoms with Gasteiger partial charge in [0.15, 0.2) is 0 Å². The SMILES string of the molecule is CC(C)O[Si](C)(C)C=O. The number of rotatable bonds is 3. The van der Waals surface area contributed by atoms with Crippen LogP contribution >= 0.6 is 0 Å². The highest BCUT2D eigenvalue weighted by Crippen LogP contribution is 2.03. The van der Waals surface area contributed by atoms with Crippen LogP contribution in [0.1, 0.15) is 13.8 Å². The van der Waals surface area contributed by atoms with Gasteiger partial charge in [-0.3, -0.25) is 0 Å². The van der Waals surface area contributed by atoms with Crippen molar-refractivity contribution in [1.29, 1.82) is 0 Å². The first-order valence-electron chi connectivity index (χ1n) is 3.12. The molecule has 0 amide bonds. The Labute approximate surface area is 57.3 Å². The minimum atomic E-state index is -1.92. The summed E-state index contributed by atoms with van der Waals surface area (Å²) in [6.45, 7) is 7.66. The van der Waals surface area contributed by atoms with E-state index >= 15 is 0 Å². The molecule has 0 fully saturated rings. The molecule has 0 aliphatic heterocycles. The van der Waals surface area contributed by atoms with Crippen molar-refractivity contribution in [2.45, 2.75) is 33.0 Å². The van der Waals surface area contributed by atoms with E-state index in [1.54, 1.807) is 0 Å². The van der Waals surface area contributed by atoms with Crippen LogP contribution in [0.5, 0.6) is 0 Å². The highest BCUT2D eigenvalue weighted by Gasteiger charge is 2.22. The van der Waals surface area contributed by atoms with Crippen LogP contribution in [0.3, 0.4) is 0 Å². The van der Waals surface area contributed by atoms with Crippen molar-refractivity contribution < 1.29 is 9.22 Å². The molecule has 0 bridgehead atoms. The molecule has 0 saturated carbocycles. The van der Waals surface area contributed by atoms with Crippen LogP contribution in [0.2, 0.25) is 13.1 Å². The summed E-state index contributed by atoms with van der Waals surface area (Å²) in [4.78, 5) is 10.3. The Morgan fingerprint density at radius 2 is 1.89 bits per heavy atom. The Morgan fingerprint density at radius 3 is 2.00 bits per heavy atom. The molecule has 0 saturated heterocycles. The van der Waals surface area contributed by atoms with Gasteiger partial charge in [-0.25, -0.2) is 0 Å². The quantitative estimate of drug-likeness (QED) is 0.444. The highest BCUT2D eigenvalue weighted by molar-refractivity contribution is 6.94. The van der Waals surface area contributed by atoms with Gasteiger partial charge in [-0.1, -0.05) is 0 Å². The normalized spacial score (nSPS) is 12.1. The highest BCUT2D eigenvalue weighted by atomic mass is 28.4. The zero-order chi connectivity index (χ0) is 7.49. The first-order valence-corrected chi connectivity index (χ1v) is 6.10. The molecule has 0 aromatic carbocycles. The lowest BCUT2D eigenvalue weighted by Crippen LogP contribution is -2.35. The van der Waals surface area contributed by atoms with Gasteiger partial charge in [0.05, 0.1) is 0 Å². The molecule has 0 aliphatic carbocycles. The van der Waals surface area contributed by atoms with Gasteiger partial charge in [0, 0.05) is 6.10 Å². The van der Waals surface area contributed by atoms with E-state index in [1.807, 2.05) is 26.9 Å². The maximum absolute atomic E-state index is 10.3. The van der Waals surface area contributed by atoms with Gasteiger partial charge in [-0.2, -0.15) is 0 Å². The third-order valence-electron chi connectivity index (χ3n) is 0.823. The number of hydrogen-bond donors (Lipinski definition) is 0. The second kappa shape index (κ2) is 3.13. The van der Waals surface area contributed by atoms with Gasteiger partial charge >= 0.3 is 0 Å². The van der Waals surface area contributed by atoms with Crippen molar-refractivity contribution in [2.75, 3.05) is 0 Å². The molecule has 3 heteroatoms. The molecule has 0 spiro atoms. The fourth-order valence-corrected chi connectivity index (χ4v) is 1.91. The summed E-state index contributed by atoms with van der Waals surface area (Å²) in [5, 5.41) is 0. The summed E-state index contributed by atoms with van der Waals surface area (Å²) in [6.07, 6.45) is 0.178. The lowest BCUT2D eigenvalue weighted by molar-refractivity contribution is 0.239. The Balaban J connectivity index is 3.71. The molecular weight excluding hydrogens is 132 g/mol. The number of carbonyl (C=O) groups excluding carboxylic acids is 1. The minimum absolute atomic E-state index is 0.178. The molecule has 0 N–H and O–H groups in total. The average Bonchev–Trinajstić information content (AvgIpc) is 1.63. The predicted octanol–water partition coefficient (Wildman–Crippen LogP) is 1.39. The second-order valence-electron chi connectivity index (χ2n) is 2.89. The van der Waals surface area contributed by atoms with E-state index in [1.165, 1.54) is 0 Å². The summed E-state index contributed by atoms with van der Waals surface area (Å²) < 4.78 is 5.36. The first-order chi connectivity index (χ1) is 3.98. The fourth-order valence-electron chi connectivity index (χ4n) is 0.635. The van der Waals surface area contributed by atoms with Crippen LogP contribution < -0.4 is 0 Å².